The van der Waals surface area contributed by atoms with E-state index in [4.69, 9.17) is 9.47 Å². The molecule has 1 rings (SSSR count). The summed E-state index contributed by atoms with van der Waals surface area (Å²) < 4.78 is 10.8. The molecule has 0 aliphatic rings. The van der Waals surface area contributed by atoms with Crippen molar-refractivity contribution in [3.05, 3.63) is 42.0 Å². The maximum absolute atomic E-state index is 12.3. The predicted octanol–water partition coefficient (Wildman–Crippen LogP) is 4.64. The van der Waals surface area contributed by atoms with Gasteiger partial charge in [-0.3, -0.25) is 4.79 Å². The quantitative estimate of drug-likeness (QED) is 0.457. The Bertz CT molecular complexity index is 548. The van der Waals surface area contributed by atoms with Crippen molar-refractivity contribution in [1.82, 2.24) is 0 Å². The topological polar surface area (TPSA) is 52.6 Å². The Kier molecular flexibility index (Phi) is 9.60. The lowest BCUT2D eigenvalue weighted by Gasteiger charge is -2.26. The van der Waals surface area contributed by atoms with E-state index >= 15 is 0 Å². The summed E-state index contributed by atoms with van der Waals surface area (Å²) in [6.45, 7) is 8.22. The lowest BCUT2D eigenvalue weighted by molar-refractivity contribution is -0.160. The first-order valence-electron chi connectivity index (χ1n) is 9.08. The van der Waals surface area contributed by atoms with Crippen LogP contribution in [-0.4, -0.2) is 24.6 Å². The summed E-state index contributed by atoms with van der Waals surface area (Å²) in [5, 5.41) is 0. The van der Waals surface area contributed by atoms with E-state index in [9.17, 15) is 9.59 Å². The Morgan fingerprint density at radius 2 is 1.80 bits per heavy atom. The molecule has 0 bridgehead atoms. The minimum atomic E-state index is -0.459. The number of rotatable bonds is 10. The molecule has 0 spiro atoms. The van der Waals surface area contributed by atoms with Crippen molar-refractivity contribution in [3.8, 4) is 0 Å². The summed E-state index contributed by atoms with van der Waals surface area (Å²) in [6.07, 6.45) is 4.77. The van der Waals surface area contributed by atoms with Crippen molar-refractivity contribution in [3.63, 3.8) is 0 Å². The average molecular weight is 346 g/mol. The largest absolute Gasteiger partial charge is 0.466 e. The minimum Gasteiger partial charge on any atom is -0.466 e. The molecule has 0 aromatic heterocycles. The Hall–Kier alpha value is -2.10. The number of esters is 2. The van der Waals surface area contributed by atoms with Crippen LogP contribution in [0.2, 0.25) is 0 Å². The fraction of sp³-hybridized carbons (Fsp3) is 0.524. The van der Waals surface area contributed by atoms with Gasteiger partial charge in [0.25, 0.3) is 0 Å². The summed E-state index contributed by atoms with van der Waals surface area (Å²) in [6, 6.07) is 9.55. The normalized spacial score (nSPS) is 13.6. The molecular formula is C21H30O4. The van der Waals surface area contributed by atoms with Gasteiger partial charge in [-0.2, -0.15) is 0 Å². The van der Waals surface area contributed by atoms with Crippen LogP contribution in [-0.2, 0) is 19.1 Å². The molecule has 0 aliphatic carbocycles. The highest BCUT2D eigenvalue weighted by atomic mass is 16.6. The maximum atomic E-state index is 12.3. The van der Waals surface area contributed by atoms with Crippen LogP contribution >= 0.6 is 0 Å². The van der Waals surface area contributed by atoms with Gasteiger partial charge in [-0.05, 0) is 37.3 Å². The number of carbonyl (C=O) groups is 2. The van der Waals surface area contributed by atoms with Gasteiger partial charge in [-0.1, -0.05) is 57.5 Å². The fourth-order valence-corrected chi connectivity index (χ4v) is 2.70. The van der Waals surface area contributed by atoms with E-state index in [1.54, 1.807) is 13.0 Å². The van der Waals surface area contributed by atoms with Crippen LogP contribution < -0.4 is 0 Å². The molecule has 0 amide bonds. The van der Waals surface area contributed by atoms with Crippen molar-refractivity contribution in [1.29, 1.82) is 0 Å². The number of hydrogen-bond acceptors (Lipinski definition) is 4. The molecule has 0 radical (unpaired) electrons. The minimum absolute atomic E-state index is 0.283. The first-order chi connectivity index (χ1) is 12.0. The highest BCUT2D eigenvalue weighted by Crippen LogP contribution is 2.23. The van der Waals surface area contributed by atoms with E-state index in [1.807, 2.05) is 51.1 Å². The van der Waals surface area contributed by atoms with E-state index in [-0.39, 0.29) is 5.97 Å². The van der Waals surface area contributed by atoms with Crippen LogP contribution in [0.25, 0.3) is 6.08 Å². The summed E-state index contributed by atoms with van der Waals surface area (Å²) in [4.78, 5) is 24.5. The molecule has 1 aromatic rings. The van der Waals surface area contributed by atoms with Crippen molar-refractivity contribution < 1.29 is 19.1 Å². The van der Waals surface area contributed by atoms with Crippen LogP contribution in [0.3, 0.4) is 0 Å². The lowest BCUT2D eigenvalue weighted by Crippen LogP contribution is -2.34. The van der Waals surface area contributed by atoms with Crippen LogP contribution in [0.1, 0.15) is 52.5 Å². The summed E-state index contributed by atoms with van der Waals surface area (Å²) >= 11 is 0. The number of ether oxygens (including phenoxy) is 2. The highest BCUT2D eigenvalue weighted by molar-refractivity contribution is 5.87. The van der Waals surface area contributed by atoms with E-state index < -0.39 is 18.0 Å². The van der Waals surface area contributed by atoms with Gasteiger partial charge < -0.3 is 9.47 Å². The van der Waals surface area contributed by atoms with Gasteiger partial charge in [0.05, 0.1) is 12.5 Å². The van der Waals surface area contributed by atoms with Crippen LogP contribution in [0.4, 0.5) is 0 Å². The van der Waals surface area contributed by atoms with Crippen LogP contribution in [0.5, 0.6) is 0 Å². The summed E-state index contributed by atoms with van der Waals surface area (Å²) in [5.74, 6) is -0.823. The molecular weight excluding hydrogens is 316 g/mol. The number of carbonyl (C=O) groups excluding carboxylic acids is 2. The molecule has 2 unspecified atom stereocenters. The predicted molar refractivity (Wildman–Crippen MR) is 99.8 cm³/mol. The van der Waals surface area contributed by atoms with Gasteiger partial charge in [-0.15, -0.1) is 0 Å². The Morgan fingerprint density at radius 1 is 1.12 bits per heavy atom. The standard InChI is InChI=1S/C21H30O4/c1-5-10-19(18(15-16(3)4)21(23)24-6-2)25-20(22)14-13-17-11-8-7-9-12-17/h7-9,11-14,16,18-19H,5-6,10,15H2,1-4H3/b14-13+. The Balaban J connectivity index is 2.82. The third kappa shape index (κ3) is 8.01. The molecule has 0 saturated heterocycles. The molecule has 4 nitrogen and oxygen atoms in total. The van der Waals surface area contributed by atoms with E-state index in [0.717, 1.165) is 12.0 Å². The molecule has 0 saturated carbocycles. The third-order valence-electron chi connectivity index (χ3n) is 3.82. The van der Waals surface area contributed by atoms with E-state index in [0.29, 0.717) is 25.4 Å². The third-order valence-corrected chi connectivity index (χ3v) is 3.82. The average Bonchev–Trinajstić information content (AvgIpc) is 2.58. The van der Waals surface area contributed by atoms with Crippen LogP contribution in [0.15, 0.2) is 36.4 Å². The van der Waals surface area contributed by atoms with Gasteiger partial charge in [0.1, 0.15) is 6.10 Å². The number of hydrogen-bond donors (Lipinski definition) is 0. The highest BCUT2D eigenvalue weighted by Gasteiger charge is 2.32. The molecule has 4 heteroatoms. The SMILES string of the molecule is CCCC(OC(=O)/C=C/c1ccccc1)C(CC(C)C)C(=O)OCC. The van der Waals surface area contributed by atoms with Gasteiger partial charge in [0.15, 0.2) is 0 Å². The first-order valence-corrected chi connectivity index (χ1v) is 9.08. The lowest BCUT2D eigenvalue weighted by atomic mass is 9.89. The van der Waals surface area contributed by atoms with Crippen molar-refractivity contribution >= 4 is 18.0 Å². The smallest absolute Gasteiger partial charge is 0.331 e. The second-order valence-electron chi connectivity index (χ2n) is 6.50. The monoisotopic (exact) mass is 346 g/mol. The molecule has 0 aliphatic heterocycles. The zero-order valence-corrected chi connectivity index (χ0v) is 15.7. The second kappa shape index (κ2) is 11.5. The summed E-state index contributed by atoms with van der Waals surface area (Å²) in [5.41, 5.74) is 0.926. The summed E-state index contributed by atoms with van der Waals surface area (Å²) in [7, 11) is 0. The molecule has 1 aromatic carbocycles. The van der Waals surface area contributed by atoms with Crippen molar-refractivity contribution in [2.45, 2.75) is 53.1 Å². The molecule has 0 heterocycles. The van der Waals surface area contributed by atoms with Crippen molar-refractivity contribution in [2.24, 2.45) is 11.8 Å². The van der Waals surface area contributed by atoms with Crippen molar-refractivity contribution in [2.75, 3.05) is 6.61 Å². The zero-order valence-electron chi connectivity index (χ0n) is 15.7. The second-order valence-corrected chi connectivity index (χ2v) is 6.50. The maximum Gasteiger partial charge on any atom is 0.331 e. The van der Waals surface area contributed by atoms with E-state index in [2.05, 4.69) is 0 Å². The first kappa shape index (κ1) is 20.9. The zero-order chi connectivity index (χ0) is 18.7. The molecule has 0 N–H and O–H groups in total. The fourth-order valence-electron chi connectivity index (χ4n) is 2.70. The van der Waals surface area contributed by atoms with Gasteiger partial charge >= 0.3 is 11.9 Å². The van der Waals surface area contributed by atoms with Crippen LogP contribution in [0, 0.1) is 11.8 Å². The number of benzene rings is 1. The van der Waals surface area contributed by atoms with Gasteiger partial charge in [0, 0.05) is 6.08 Å². The molecule has 0 fully saturated rings. The Labute approximate surface area is 151 Å². The molecule has 138 valence electrons. The van der Waals surface area contributed by atoms with Gasteiger partial charge in [0.2, 0.25) is 0 Å². The Morgan fingerprint density at radius 3 is 2.36 bits per heavy atom. The van der Waals surface area contributed by atoms with E-state index in [1.165, 1.54) is 6.08 Å². The molecule has 25 heavy (non-hydrogen) atoms. The van der Waals surface area contributed by atoms with Gasteiger partial charge in [-0.25, -0.2) is 4.79 Å². The molecule has 2 atom stereocenters.